The van der Waals surface area contributed by atoms with Gasteiger partial charge in [-0.05, 0) is 18.4 Å². The van der Waals surface area contributed by atoms with Crippen LogP contribution in [0.5, 0.6) is 0 Å². The number of carbonyl (C=O) groups is 1. The molecule has 3 rings (SSSR count). The van der Waals surface area contributed by atoms with Crippen molar-refractivity contribution >= 4 is 17.7 Å². The zero-order chi connectivity index (χ0) is 14.8. The molecule has 1 atom stereocenters. The molecule has 1 aromatic carbocycles. The van der Waals surface area contributed by atoms with Gasteiger partial charge in [-0.3, -0.25) is 9.59 Å². The highest BCUT2D eigenvalue weighted by molar-refractivity contribution is 8.00. The second-order valence-corrected chi connectivity index (χ2v) is 6.07. The van der Waals surface area contributed by atoms with Gasteiger partial charge in [0.05, 0.1) is 0 Å². The normalized spacial score (nSPS) is 15.6. The molecule has 21 heavy (non-hydrogen) atoms. The van der Waals surface area contributed by atoms with Crippen LogP contribution in [0.15, 0.2) is 52.5 Å². The van der Waals surface area contributed by atoms with E-state index in [1.165, 1.54) is 17.8 Å². The van der Waals surface area contributed by atoms with Crippen molar-refractivity contribution in [3.63, 3.8) is 0 Å². The Morgan fingerprint density at radius 1 is 1.29 bits per heavy atom. The van der Waals surface area contributed by atoms with E-state index in [-0.39, 0.29) is 5.56 Å². The number of nitrogens with zero attached hydrogens (tertiary/aromatic N) is 2. The first kappa shape index (κ1) is 13.9. The molecule has 0 saturated heterocycles. The molecule has 5 nitrogen and oxygen atoms in total. The second-order valence-electron chi connectivity index (χ2n) is 5.00. The van der Waals surface area contributed by atoms with Crippen LogP contribution in [-0.4, -0.2) is 15.5 Å². The number of hydrogen-bond acceptors (Lipinski definition) is 4. The fraction of sp³-hybridized carbons (Fsp3) is 0.267. The van der Waals surface area contributed by atoms with Crippen molar-refractivity contribution in [2.24, 2.45) is 5.73 Å². The van der Waals surface area contributed by atoms with Crippen LogP contribution < -0.4 is 11.3 Å². The van der Waals surface area contributed by atoms with Crippen molar-refractivity contribution in [2.45, 2.75) is 29.3 Å². The predicted molar refractivity (Wildman–Crippen MR) is 81.0 cm³/mol. The van der Waals surface area contributed by atoms with Gasteiger partial charge in [0, 0.05) is 18.3 Å². The molecular formula is C15H15N3O2S. The monoisotopic (exact) mass is 301 g/mol. The maximum Gasteiger partial charge on any atom is 0.273 e. The van der Waals surface area contributed by atoms with Gasteiger partial charge >= 0.3 is 0 Å². The molecule has 0 radical (unpaired) electrons. The van der Waals surface area contributed by atoms with Crippen molar-refractivity contribution in [3.05, 3.63) is 58.5 Å². The Bertz CT molecular complexity index is 710. The number of amides is 1. The first-order chi connectivity index (χ1) is 10.1. The van der Waals surface area contributed by atoms with Gasteiger partial charge in [0.1, 0.15) is 5.25 Å². The summed E-state index contributed by atoms with van der Waals surface area (Å²) in [4.78, 5) is 27.3. The fourth-order valence-electron chi connectivity index (χ4n) is 2.14. The van der Waals surface area contributed by atoms with Gasteiger partial charge in [0.2, 0.25) is 5.91 Å². The summed E-state index contributed by atoms with van der Waals surface area (Å²) in [5.41, 5.74) is 6.04. The molecule has 0 spiro atoms. The SMILES string of the molecule is NC(=O)C(Sc1nc(=O)ccn1C1CC1)c1ccccc1. The maximum absolute atomic E-state index is 11.8. The summed E-state index contributed by atoms with van der Waals surface area (Å²) in [5, 5.41) is 0.00292. The van der Waals surface area contributed by atoms with Crippen molar-refractivity contribution < 1.29 is 4.79 Å². The minimum atomic E-state index is -0.550. The van der Waals surface area contributed by atoms with Crippen molar-refractivity contribution in [1.29, 1.82) is 0 Å². The van der Waals surface area contributed by atoms with Crippen LogP contribution >= 0.6 is 11.8 Å². The summed E-state index contributed by atoms with van der Waals surface area (Å²) < 4.78 is 1.96. The Hall–Kier alpha value is -2.08. The van der Waals surface area contributed by atoms with Crippen molar-refractivity contribution in [1.82, 2.24) is 9.55 Å². The van der Waals surface area contributed by atoms with Gasteiger partial charge in [-0.25, -0.2) is 0 Å². The highest BCUT2D eigenvalue weighted by atomic mass is 32.2. The summed E-state index contributed by atoms with van der Waals surface area (Å²) in [6.45, 7) is 0. The molecule has 2 N–H and O–H groups in total. The maximum atomic E-state index is 11.8. The largest absolute Gasteiger partial charge is 0.368 e. The number of aromatic nitrogens is 2. The van der Waals surface area contributed by atoms with Crippen LogP contribution in [0.3, 0.4) is 0 Å². The van der Waals surface area contributed by atoms with Gasteiger partial charge in [-0.1, -0.05) is 42.1 Å². The Morgan fingerprint density at radius 2 is 2.00 bits per heavy atom. The highest BCUT2D eigenvalue weighted by Gasteiger charge is 2.28. The smallest absolute Gasteiger partial charge is 0.273 e. The standard InChI is InChI=1S/C15H15N3O2S/c16-14(20)13(10-4-2-1-3-5-10)21-15-17-12(19)8-9-18(15)11-6-7-11/h1-5,8-9,11,13H,6-7H2,(H2,16,20). The molecule has 6 heteroatoms. The highest BCUT2D eigenvalue weighted by Crippen LogP contribution is 2.40. The van der Waals surface area contributed by atoms with E-state index in [9.17, 15) is 9.59 Å². The van der Waals surface area contributed by atoms with E-state index >= 15 is 0 Å². The van der Waals surface area contributed by atoms with Crippen molar-refractivity contribution in [3.8, 4) is 0 Å². The van der Waals surface area contributed by atoms with Crippen LogP contribution in [0.2, 0.25) is 0 Å². The molecule has 108 valence electrons. The van der Waals surface area contributed by atoms with E-state index in [4.69, 9.17) is 5.73 Å². The molecule has 0 bridgehead atoms. The van der Waals surface area contributed by atoms with Gasteiger partial charge in [0.15, 0.2) is 5.16 Å². The number of thioether (sulfide) groups is 1. The van der Waals surface area contributed by atoms with Crippen LogP contribution in [0.25, 0.3) is 0 Å². The van der Waals surface area contributed by atoms with Crippen LogP contribution in [-0.2, 0) is 4.79 Å². The van der Waals surface area contributed by atoms with Gasteiger partial charge < -0.3 is 10.3 Å². The molecule has 1 heterocycles. The Morgan fingerprint density at radius 3 is 2.62 bits per heavy atom. The third-order valence-electron chi connectivity index (χ3n) is 3.33. The number of hydrogen-bond donors (Lipinski definition) is 1. The lowest BCUT2D eigenvalue weighted by Crippen LogP contribution is -2.21. The summed E-state index contributed by atoms with van der Waals surface area (Å²) in [7, 11) is 0. The molecule has 1 aromatic heterocycles. The molecule has 1 unspecified atom stereocenters. The lowest BCUT2D eigenvalue weighted by Gasteiger charge is -2.16. The number of primary amides is 1. The summed E-state index contributed by atoms with van der Waals surface area (Å²) in [6.07, 6.45) is 3.90. The average Bonchev–Trinajstić information content (AvgIpc) is 3.30. The second kappa shape index (κ2) is 5.73. The molecular weight excluding hydrogens is 286 g/mol. The number of rotatable bonds is 5. The zero-order valence-electron chi connectivity index (χ0n) is 11.3. The summed E-state index contributed by atoms with van der Waals surface area (Å²) in [6, 6.07) is 11.1. The first-order valence-corrected chi connectivity index (χ1v) is 7.63. The lowest BCUT2D eigenvalue weighted by atomic mass is 10.1. The summed E-state index contributed by atoms with van der Waals surface area (Å²) in [5.74, 6) is -0.438. The van der Waals surface area contributed by atoms with E-state index in [2.05, 4.69) is 4.98 Å². The molecule has 1 fully saturated rings. The zero-order valence-corrected chi connectivity index (χ0v) is 12.1. The summed E-state index contributed by atoms with van der Waals surface area (Å²) >= 11 is 1.24. The third-order valence-corrected chi connectivity index (χ3v) is 4.58. The molecule has 1 saturated carbocycles. The average molecular weight is 301 g/mol. The Labute approximate surface area is 126 Å². The van der Waals surface area contributed by atoms with Crippen LogP contribution in [0, 0.1) is 0 Å². The number of nitrogens with two attached hydrogens (primary N) is 1. The minimum Gasteiger partial charge on any atom is -0.368 e. The van der Waals surface area contributed by atoms with Gasteiger partial charge in [-0.2, -0.15) is 4.98 Å². The number of carbonyl (C=O) groups excluding carboxylic acids is 1. The van der Waals surface area contributed by atoms with Crippen LogP contribution in [0.4, 0.5) is 0 Å². The topological polar surface area (TPSA) is 78.0 Å². The minimum absolute atomic E-state index is 0.300. The lowest BCUT2D eigenvalue weighted by molar-refractivity contribution is -0.117. The van der Waals surface area contributed by atoms with E-state index < -0.39 is 11.2 Å². The van der Waals surface area contributed by atoms with E-state index in [1.54, 1.807) is 6.20 Å². The fourth-order valence-corrected chi connectivity index (χ4v) is 3.23. The van der Waals surface area contributed by atoms with E-state index in [0.717, 1.165) is 18.4 Å². The molecule has 1 aliphatic carbocycles. The quantitative estimate of drug-likeness (QED) is 0.676. The van der Waals surface area contributed by atoms with E-state index in [0.29, 0.717) is 11.2 Å². The van der Waals surface area contributed by atoms with Gasteiger partial charge in [0.25, 0.3) is 5.56 Å². The predicted octanol–water partition coefficient (Wildman–Crippen LogP) is 1.90. The van der Waals surface area contributed by atoms with Crippen LogP contribution in [0.1, 0.15) is 29.7 Å². The molecule has 2 aromatic rings. The van der Waals surface area contributed by atoms with Gasteiger partial charge in [-0.15, -0.1) is 0 Å². The Balaban J connectivity index is 1.95. The number of benzene rings is 1. The van der Waals surface area contributed by atoms with E-state index in [1.807, 2.05) is 34.9 Å². The third kappa shape index (κ3) is 3.16. The molecule has 0 aliphatic heterocycles. The molecule has 1 aliphatic rings. The van der Waals surface area contributed by atoms with Crippen molar-refractivity contribution in [2.75, 3.05) is 0 Å². The first-order valence-electron chi connectivity index (χ1n) is 6.75. The molecule has 1 amide bonds. The Kier molecular flexibility index (Phi) is 3.79.